The first kappa shape index (κ1) is 14.1. The number of H-pyrrole nitrogens is 1. The third kappa shape index (κ3) is 2.40. The van der Waals surface area contributed by atoms with Crippen LogP contribution < -0.4 is 5.32 Å². The summed E-state index contributed by atoms with van der Waals surface area (Å²) >= 11 is 0. The zero-order valence-electron chi connectivity index (χ0n) is 12.7. The van der Waals surface area contributed by atoms with E-state index < -0.39 is 0 Å². The molecule has 2 saturated carbocycles. The van der Waals surface area contributed by atoms with E-state index in [4.69, 9.17) is 4.74 Å². The highest BCUT2D eigenvalue weighted by Crippen LogP contribution is 2.53. The predicted octanol–water partition coefficient (Wildman–Crippen LogP) is 3.19. The summed E-state index contributed by atoms with van der Waals surface area (Å²) in [5.41, 5.74) is 0.384. The van der Waals surface area contributed by atoms with Crippen molar-refractivity contribution < 1.29 is 4.74 Å². The van der Waals surface area contributed by atoms with Crippen LogP contribution in [0.25, 0.3) is 0 Å². The van der Waals surface area contributed by atoms with Crippen molar-refractivity contribution in [3.63, 3.8) is 0 Å². The molecule has 2 fully saturated rings. The Bertz CT molecular complexity index is 411. The second-order valence-electron chi connectivity index (χ2n) is 6.39. The number of imidazole rings is 1. The third-order valence-corrected chi connectivity index (χ3v) is 5.32. The largest absolute Gasteiger partial charge is 0.378 e. The Kier molecular flexibility index (Phi) is 4.13. The van der Waals surface area contributed by atoms with Crippen LogP contribution in [-0.2, 0) is 4.74 Å². The second kappa shape index (κ2) is 5.86. The van der Waals surface area contributed by atoms with Crippen LogP contribution in [0.3, 0.4) is 0 Å². The minimum Gasteiger partial charge on any atom is -0.378 e. The monoisotopic (exact) mass is 277 g/mol. The number of aromatic amines is 1. The molecule has 1 aromatic heterocycles. The number of hydrogen-bond acceptors (Lipinski definition) is 3. The molecule has 2 aliphatic carbocycles. The van der Waals surface area contributed by atoms with Gasteiger partial charge in [0.25, 0.3) is 0 Å². The number of aromatic nitrogens is 2. The summed E-state index contributed by atoms with van der Waals surface area (Å²) in [6, 6.07) is 0.871. The molecule has 4 nitrogen and oxygen atoms in total. The summed E-state index contributed by atoms with van der Waals surface area (Å²) in [4.78, 5) is 7.58. The van der Waals surface area contributed by atoms with Gasteiger partial charge in [0.1, 0.15) is 5.82 Å². The Balaban J connectivity index is 1.67. The summed E-state index contributed by atoms with van der Waals surface area (Å²) in [5.74, 6) is 1.04. The molecule has 2 aliphatic rings. The summed E-state index contributed by atoms with van der Waals surface area (Å²) in [7, 11) is 0. The summed E-state index contributed by atoms with van der Waals surface area (Å²) in [6.45, 7) is 5.15. The molecule has 0 aromatic carbocycles. The molecule has 4 heteroatoms. The molecule has 1 aromatic rings. The van der Waals surface area contributed by atoms with Gasteiger partial charge in [0.15, 0.2) is 0 Å². The Morgan fingerprint density at radius 1 is 1.45 bits per heavy atom. The van der Waals surface area contributed by atoms with Gasteiger partial charge in [-0.25, -0.2) is 4.98 Å². The predicted molar refractivity (Wildman–Crippen MR) is 79.5 cm³/mol. The first-order valence-electron chi connectivity index (χ1n) is 8.13. The van der Waals surface area contributed by atoms with Crippen LogP contribution in [0.1, 0.15) is 64.2 Å². The van der Waals surface area contributed by atoms with Crippen LogP contribution in [0.5, 0.6) is 0 Å². The zero-order valence-corrected chi connectivity index (χ0v) is 12.7. The summed E-state index contributed by atoms with van der Waals surface area (Å²) < 4.78 is 6.01. The van der Waals surface area contributed by atoms with Gasteiger partial charge in [-0.3, -0.25) is 0 Å². The van der Waals surface area contributed by atoms with Crippen LogP contribution in [0.15, 0.2) is 12.4 Å². The average molecular weight is 277 g/mol. The van der Waals surface area contributed by atoms with Gasteiger partial charge < -0.3 is 15.0 Å². The molecule has 0 aliphatic heterocycles. The van der Waals surface area contributed by atoms with E-state index in [1.165, 1.54) is 32.1 Å². The quantitative estimate of drug-likeness (QED) is 0.869. The molecule has 0 radical (unpaired) electrons. The SMILES string of the molecule is CCOC1CC(NC(C)c2ncc[nH]2)C12CCCCC2. The van der Waals surface area contributed by atoms with Crippen LogP contribution in [-0.4, -0.2) is 28.7 Å². The smallest absolute Gasteiger partial charge is 0.122 e. The van der Waals surface area contributed by atoms with Gasteiger partial charge in [-0.2, -0.15) is 0 Å². The third-order valence-electron chi connectivity index (χ3n) is 5.32. The minimum atomic E-state index is 0.288. The van der Waals surface area contributed by atoms with Crippen molar-refractivity contribution in [1.29, 1.82) is 0 Å². The zero-order chi connectivity index (χ0) is 14.0. The van der Waals surface area contributed by atoms with Crippen molar-refractivity contribution >= 4 is 0 Å². The normalized spacial score (nSPS) is 30.1. The van der Waals surface area contributed by atoms with Gasteiger partial charge in [-0.15, -0.1) is 0 Å². The van der Waals surface area contributed by atoms with Crippen LogP contribution in [0.2, 0.25) is 0 Å². The van der Waals surface area contributed by atoms with Gasteiger partial charge in [-0.1, -0.05) is 19.3 Å². The van der Waals surface area contributed by atoms with E-state index in [2.05, 4.69) is 29.1 Å². The molecule has 1 spiro atoms. The lowest BCUT2D eigenvalue weighted by Gasteiger charge is -2.58. The average Bonchev–Trinajstić information content (AvgIpc) is 3.01. The molecule has 3 atom stereocenters. The van der Waals surface area contributed by atoms with Crippen LogP contribution in [0.4, 0.5) is 0 Å². The van der Waals surface area contributed by atoms with Gasteiger partial charge >= 0.3 is 0 Å². The fourth-order valence-corrected chi connectivity index (χ4v) is 4.19. The van der Waals surface area contributed by atoms with E-state index in [0.29, 0.717) is 17.6 Å². The lowest BCUT2D eigenvalue weighted by Crippen LogP contribution is -2.64. The lowest BCUT2D eigenvalue weighted by molar-refractivity contribution is -0.152. The highest BCUT2D eigenvalue weighted by Gasteiger charge is 2.55. The van der Waals surface area contributed by atoms with Crippen molar-refractivity contribution in [3.8, 4) is 0 Å². The van der Waals surface area contributed by atoms with Crippen molar-refractivity contribution in [2.24, 2.45) is 5.41 Å². The van der Waals surface area contributed by atoms with E-state index in [-0.39, 0.29) is 6.04 Å². The standard InChI is InChI=1S/C16H27N3O/c1-3-20-14-11-13(16(14)7-5-4-6-8-16)19-12(2)15-17-9-10-18-15/h9-10,12-14,19H,3-8,11H2,1-2H3,(H,17,18). The molecule has 0 amide bonds. The summed E-state index contributed by atoms with van der Waals surface area (Å²) in [5, 5.41) is 3.79. The first-order valence-corrected chi connectivity index (χ1v) is 8.13. The number of ether oxygens (including phenoxy) is 1. The number of hydrogen-bond donors (Lipinski definition) is 2. The van der Waals surface area contributed by atoms with E-state index in [9.17, 15) is 0 Å². The molecule has 1 heterocycles. The fourth-order valence-electron chi connectivity index (χ4n) is 4.19. The van der Waals surface area contributed by atoms with Gasteiger partial charge in [0, 0.05) is 30.5 Å². The van der Waals surface area contributed by atoms with Crippen LogP contribution in [0, 0.1) is 5.41 Å². The Morgan fingerprint density at radius 2 is 2.25 bits per heavy atom. The topological polar surface area (TPSA) is 49.9 Å². The lowest BCUT2D eigenvalue weighted by atomic mass is 9.55. The first-order chi connectivity index (χ1) is 9.76. The number of nitrogens with zero attached hydrogens (tertiary/aromatic N) is 1. The number of rotatable bonds is 5. The van der Waals surface area contributed by atoms with Crippen molar-refractivity contribution in [3.05, 3.63) is 18.2 Å². The van der Waals surface area contributed by atoms with Gasteiger partial charge in [-0.05, 0) is 33.1 Å². The maximum Gasteiger partial charge on any atom is 0.122 e. The molecule has 2 N–H and O–H groups in total. The van der Waals surface area contributed by atoms with Crippen molar-refractivity contribution in [2.45, 2.75) is 70.6 Å². The van der Waals surface area contributed by atoms with E-state index in [1.54, 1.807) is 0 Å². The second-order valence-corrected chi connectivity index (χ2v) is 6.39. The Morgan fingerprint density at radius 3 is 2.90 bits per heavy atom. The molecule has 0 saturated heterocycles. The molecular formula is C16H27N3O. The van der Waals surface area contributed by atoms with E-state index in [1.807, 2.05) is 12.4 Å². The highest BCUT2D eigenvalue weighted by atomic mass is 16.5. The Hall–Kier alpha value is -0.870. The van der Waals surface area contributed by atoms with E-state index in [0.717, 1.165) is 18.9 Å². The molecule has 112 valence electrons. The van der Waals surface area contributed by atoms with Gasteiger partial charge in [0.2, 0.25) is 0 Å². The maximum absolute atomic E-state index is 6.01. The highest BCUT2D eigenvalue weighted by molar-refractivity contribution is 5.10. The minimum absolute atomic E-state index is 0.288. The molecule has 3 unspecified atom stereocenters. The van der Waals surface area contributed by atoms with E-state index >= 15 is 0 Å². The van der Waals surface area contributed by atoms with Crippen molar-refractivity contribution in [2.75, 3.05) is 6.61 Å². The number of nitrogens with one attached hydrogen (secondary N) is 2. The molecule has 3 rings (SSSR count). The Labute approximate surface area is 121 Å². The molecule has 0 bridgehead atoms. The van der Waals surface area contributed by atoms with Crippen LogP contribution >= 0.6 is 0 Å². The summed E-state index contributed by atoms with van der Waals surface area (Å²) in [6.07, 6.45) is 12.1. The van der Waals surface area contributed by atoms with Gasteiger partial charge in [0.05, 0.1) is 12.1 Å². The van der Waals surface area contributed by atoms with Crippen molar-refractivity contribution in [1.82, 2.24) is 15.3 Å². The molecule has 20 heavy (non-hydrogen) atoms. The maximum atomic E-state index is 6.01. The molecular weight excluding hydrogens is 250 g/mol. The fraction of sp³-hybridized carbons (Fsp3) is 0.812.